The zero-order valence-corrected chi connectivity index (χ0v) is 9.43. The van der Waals surface area contributed by atoms with Crippen LogP contribution >= 0.6 is 0 Å². The molecular weight excluding hydrogens is 219 g/mol. The van der Waals surface area contributed by atoms with Gasteiger partial charge >= 0.3 is 6.18 Å². The third kappa shape index (κ3) is 5.70. The molecule has 0 aromatic carbocycles. The van der Waals surface area contributed by atoms with Crippen LogP contribution in [0, 0.1) is 0 Å². The molecule has 0 aromatic rings. The highest BCUT2D eigenvalue weighted by Gasteiger charge is 2.27. The van der Waals surface area contributed by atoms with Crippen molar-refractivity contribution in [2.45, 2.75) is 63.3 Å². The molecule has 0 aliphatic heterocycles. The number of hydrogen-bond donors (Lipinski definition) is 1. The van der Waals surface area contributed by atoms with Crippen LogP contribution in [0.25, 0.3) is 0 Å². The van der Waals surface area contributed by atoms with Gasteiger partial charge in [-0.2, -0.15) is 13.2 Å². The minimum absolute atomic E-state index is 0.00612. The Morgan fingerprint density at radius 2 is 1.81 bits per heavy atom. The molecule has 0 radical (unpaired) electrons. The number of hydrogen-bond acceptors (Lipinski definition) is 2. The van der Waals surface area contributed by atoms with E-state index in [0.717, 1.165) is 32.1 Å². The highest BCUT2D eigenvalue weighted by Crippen LogP contribution is 2.23. The second kappa shape index (κ2) is 6.45. The molecule has 0 bridgehead atoms. The van der Waals surface area contributed by atoms with Gasteiger partial charge in [-0.1, -0.05) is 19.3 Å². The van der Waals surface area contributed by atoms with E-state index in [0.29, 0.717) is 0 Å². The fourth-order valence-electron chi connectivity index (χ4n) is 2.02. The Hall–Kier alpha value is -0.290. The molecule has 96 valence electrons. The van der Waals surface area contributed by atoms with Crippen molar-refractivity contribution in [3.63, 3.8) is 0 Å². The molecule has 2 nitrogen and oxygen atoms in total. The molecule has 1 saturated carbocycles. The molecule has 0 heterocycles. The number of ether oxygens (including phenoxy) is 1. The van der Waals surface area contributed by atoms with Crippen LogP contribution in [-0.4, -0.2) is 24.9 Å². The van der Waals surface area contributed by atoms with Crippen LogP contribution in [0.4, 0.5) is 13.2 Å². The Balaban J connectivity index is 2.15. The molecule has 1 aliphatic rings. The van der Waals surface area contributed by atoms with Crippen LogP contribution in [0.2, 0.25) is 0 Å². The second-order valence-electron chi connectivity index (χ2n) is 4.43. The molecule has 5 heteroatoms. The van der Waals surface area contributed by atoms with E-state index in [4.69, 9.17) is 10.5 Å². The van der Waals surface area contributed by atoms with Crippen LogP contribution in [0.15, 0.2) is 0 Å². The standard InChI is InChI=1S/C11H20F3NO/c12-11(13,14)7-4-8-16-10-6-3-1-2-5-9(10)15/h9-10H,1-8,15H2. The second-order valence-corrected chi connectivity index (χ2v) is 4.43. The summed E-state index contributed by atoms with van der Waals surface area (Å²) >= 11 is 0. The molecule has 2 atom stereocenters. The summed E-state index contributed by atoms with van der Waals surface area (Å²) in [6.45, 7) is 0.165. The summed E-state index contributed by atoms with van der Waals surface area (Å²) in [4.78, 5) is 0. The zero-order valence-electron chi connectivity index (χ0n) is 9.43. The Bertz CT molecular complexity index is 196. The van der Waals surface area contributed by atoms with Crippen molar-refractivity contribution in [3.05, 3.63) is 0 Å². The SMILES string of the molecule is NC1CCCCCC1OCCCC(F)(F)F. The minimum Gasteiger partial charge on any atom is -0.377 e. The van der Waals surface area contributed by atoms with E-state index in [9.17, 15) is 13.2 Å². The monoisotopic (exact) mass is 239 g/mol. The molecule has 1 aliphatic carbocycles. The highest BCUT2D eigenvalue weighted by atomic mass is 19.4. The molecule has 1 fully saturated rings. The van der Waals surface area contributed by atoms with E-state index in [2.05, 4.69) is 0 Å². The van der Waals surface area contributed by atoms with Gasteiger partial charge in [0.1, 0.15) is 0 Å². The van der Waals surface area contributed by atoms with Gasteiger partial charge in [0.15, 0.2) is 0 Å². The normalized spacial score (nSPS) is 27.8. The molecule has 0 aromatic heterocycles. The van der Waals surface area contributed by atoms with E-state index >= 15 is 0 Å². The Morgan fingerprint density at radius 3 is 2.50 bits per heavy atom. The van der Waals surface area contributed by atoms with Crippen LogP contribution < -0.4 is 5.73 Å². The first kappa shape index (κ1) is 13.8. The lowest BCUT2D eigenvalue weighted by atomic mass is 10.1. The van der Waals surface area contributed by atoms with Crippen molar-refractivity contribution in [1.29, 1.82) is 0 Å². The van der Waals surface area contributed by atoms with E-state index in [-0.39, 0.29) is 25.2 Å². The molecule has 2 unspecified atom stereocenters. The van der Waals surface area contributed by atoms with Gasteiger partial charge in [-0.3, -0.25) is 0 Å². The summed E-state index contributed by atoms with van der Waals surface area (Å²) in [5, 5.41) is 0. The van der Waals surface area contributed by atoms with E-state index in [1.165, 1.54) is 0 Å². The van der Waals surface area contributed by atoms with Crippen LogP contribution in [0.3, 0.4) is 0 Å². The lowest BCUT2D eigenvalue weighted by Gasteiger charge is -2.21. The summed E-state index contributed by atoms with van der Waals surface area (Å²) in [5.41, 5.74) is 5.90. The first-order chi connectivity index (χ1) is 7.49. The maximum absolute atomic E-state index is 11.9. The minimum atomic E-state index is -4.07. The smallest absolute Gasteiger partial charge is 0.377 e. The number of alkyl halides is 3. The van der Waals surface area contributed by atoms with Crippen LogP contribution in [0.5, 0.6) is 0 Å². The maximum atomic E-state index is 11.9. The average molecular weight is 239 g/mol. The van der Waals surface area contributed by atoms with Gasteiger partial charge in [-0.15, -0.1) is 0 Å². The van der Waals surface area contributed by atoms with Crippen molar-refractivity contribution in [1.82, 2.24) is 0 Å². The lowest BCUT2D eigenvalue weighted by molar-refractivity contribution is -0.139. The fraction of sp³-hybridized carbons (Fsp3) is 1.00. The average Bonchev–Trinajstić information content (AvgIpc) is 2.37. The summed E-state index contributed by atoms with van der Waals surface area (Å²) in [5.74, 6) is 0. The van der Waals surface area contributed by atoms with Crippen molar-refractivity contribution < 1.29 is 17.9 Å². The molecule has 0 spiro atoms. The van der Waals surface area contributed by atoms with Gasteiger partial charge in [-0.05, 0) is 19.3 Å². The molecule has 16 heavy (non-hydrogen) atoms. The largest absolute Gasteiger partial charge is 0.389 e. The van der Waals surface area contributed by atoms with Gasteiger partial charge in [-0.25, -0.2) is 0 Å². The Labute approximate surface area is 94.3 Å². The Morgan fingerprint density at radius 1 is 1.12 bits per heavy atom. The van der Waals surface area contributed by atoms with Gasteiger partial charge < -0.3 is 10.5 Å². The quantitative estimate of drug-likeness (QED) is 0.604. The molecule has 0 saturated heterocycles. The topological polar surface area (TPSA) is 35.2 Å². The number of nitrogens with two attached hydrogens (primary N) is 1. The molecule has 1 rings (SSSR count). The molecular formula is C11H20F3NO. The predicted octanol–water partition coefficient (Wildman–Crippen LogP) is 3.01. The summed E-state index contributed by atoms with van der Waals surface area (Å²) in [7, 11) is 0. The van der Waals surface area contributed by atoms with E-state index in [1.54, 1.807) is 0 Å². The van der Waals surface area contributed by atoms with Crippen molar-refractivity contribution in [3.8, 4) is 0 Å². The van der Waals surface area contributed by atoms with Gasteiger partial charge in [0, 0.05) is 19.1 Å². The highest BCUT2D eigenvalue weighted by molar-refractivity contribution is 4.76. The summed E-state index contributed by atoms with van der Waals surface area (Å²) in [6.07, 6.45) is 0.265. The third-order valence-electron chi connectivity index (χ3n) is 2.94. The summed E-state index contributed by atoms with van der Waals surface area (Å²) < 4.78 is 41.1. The van der Waals surface area contributed by atoms with Crippen molar-refractivity contribution >= 4 is 0 Å². The van der Waals surface area contributed by atoms with Gasteiger partial charge in [0.05, 0.1) is 6.10 Å². The Kier molecular flexibility index (Phi) is 5.55. The predicted molar refractivity (Wildman–Crippen MR) is 56.1 cm³/mol. The summed E-state index contributed by atoms with van der Waals surface area (Å²) in [6, 6.07) is -0.00612. The van der Waals surface area contributed by atoms with E-state index < -0.39 is 12.6 Å². The first-order valence-corrected chi connectivity index (χ1v) is 5.93. The third-order valence-corrected chi connectivity index (χ3v) is 2.94. The fourth-order valence-corrected chi connectivity index (χ4v) is 2.02. The lowest BCUT2D eigenvalue weighted by Crippen LogP contribution is -2.36. The molecule has 2 N–H and O–H groups in total. The zero-order chi connectivity index (χ0) is 12.0. The number of rotatable bonds is 4. The van der Waals surface area contributed by atoms with Crippen molar-refractivity contribution in [2.24, 2.45) is 5.73 Å². The van der Waals surface area contributed by atoms with Crippen molar-refractivity contribution in [2.75, 3.05) is 6.61 Å². The molecule has 0 amide bonds. The van der Waals surface area contributed by atoms with E-state index in [1.807, 2.05) is 0 Å². The van der Waals surface area contributed by atoms with Crippen LogP contribution in [-0.2, 0) is 4.74 Å². The van der Waals surface area contributed by atoms with Gasteiger partial charge in [0.2, 0.25) is 0 Å². The van der Waals surface area contributed by atoms with Gasteiger partial charge in [0.25, 0.3) is 0 Å². The maximum Gasteiger partial charge on any atom is 0.389 e. The first-order valence-electron chi connectivity index (χ1n) is 5.93. The van der Waals surface area contributed by atoms with Crippen LogP contribution in [0.1, 0.15) is 44.9 Å². The number of halogens is 3.